The van der Waals surface area contributed by atoms with Crippen LogP contribution in [0.25, 0.3) is 0 Å². The predicted molar refractivity (Wildman–Crippen MR) is 80.2 cm³/mol. The molecular weight excluding hydrogens is 318 g/mol. The second-order valence-electron chi connectivity index (χ2n) is 4.75. The number of rotatable bonds is 4. The molecule has 0 spiro atoms. The summed E-state index contributed by atoms with van der Waals surface area (Å²) in [6.07, 6.45) is 1.06. The summed E-state index contributed by atoms with van der Waals surface area (Å²) in [7, 11) is 0. The van der Waals surface area contributed by atoms with Gasteiger partial charge in [0.15, 0.2) is 11.5 Å². The van der Waals surface area contributed by atoms with Crippen molar-refractivity contribution >= 4 is 17.8 Å². The minimum Gasteiger partial charge on any atom is -0.872 e. The lowest BCUT2D eigenvalue weighted by atomic mass is 10.2. The number of amides is 1. The smallest absolute Gasteiger partial charge is 0.271 e. The highest BCUT2D eigenvalue weighted by atomic mass is 16.7. The molecule has 0 bridgehead atoms. The SMILES string of the molecule is O=C(NN=Cc1cc([N+](=O)[O-])ccc1[O-])c1ccc2c(c1)OCO2. The summed E-state index contributed by atoms with van der Waals surface area (Å²) in [5.74, 6) is 0.0268. The van der Waals surface area contributed by atoms with Gasteiger partial charge in [0.2, 0.25) is 6.79 Å². The van der Waals surface area contributed by atoms with Crippen molar-refractivity contribution in [2.45, 2.75) is 0 Å². The van der Waals surface area contributed by atoms with E-state index in [-0.39, 0.29) is 23.6 Å². The molecule has 0 aromatic heterocycles. The molecule has 1 aliphatic heterocycles. The Hall–Kier alpha value is -3.62. The number of carbonyl (C=O) groups excluding carboxylic acids is 1. The maximum absolute atomic E-state index is 12.0. The molecule has 24 heavy (non-hydrogen) atoms. The standard InChI is InChI=1S/C15H11N3O6/c19-12-3-2-11(18(21)22)5-10(12)7-16-17-15(20)9-1-4-13-14(6-9)24-8-23-13/h1-7,19H,8H2,(H,17,20)/p-1. The summed E-state index contributed by atoms with van der Waals surface area (Å²) in [5.41, 5.74) is 2.29. The Morgan fingerprint density at radius 1 is 1.21 bits per heavy atom. The number of non-ortho nitro benzene ring substituents is 1. The number of fused-ring (bicyclic) bond motifs is 1. The van der Waals surface area contributed by atoms with Crippen LogP contribution >= 0.6 is 0 Å². The van der Waals surface area contributed by atoms with Crippen molar-refractivity contribution in [1.29, 1.82) is 0 Å². The summed E-state index contributed by atoms with van der Waals surface area (Å²) >= 11 is 0. The van der Waals surface area contributed by atoms with Crippen LogP contribution in [-0.4, -0.2) is 23.8 Å². The lowest BCUT2D eigenvalue weighted by Crippen LogP contribution is -2.17. The van der Waals surface area contributed by atoms with E-state index in [0.29, 0.717) is 11.5 Å². The molecule has 0 atom stereocenters. The molecule has 0 unspecified atom stereocenters. The lowest BCUT2D eigenvalue weighted by Gasteiger charge is -2.08. The fourth-order valence-corrected chi connectivity index (χ4v) is 2.01. The van der Waals surface area contributed by atoms with Gasteiger partial charge in [-0.3, -0.25) is 14.9 Å². The molecule has 1 aliphatic rings. The minimum atomic E-state index is -0.623. The van der Waals surface area contributed by atoms with E-state index in [1.54, 1.807) is 6.07 Å². The van der Waals surface area contributed by atoms with Crippen molar-refractivity contribution in [1.82, 2.24) is 5.43 Å². The average Bonchev–Trinajstić information content (AvgIpc) is 3.03. The normalized spacial score (nSPS) is 12.3. The van der Waals surface area contributed by atoms with Gasteiger partial charge in [0.1, 0.15) is 0 Å². The Morgan fingerprint density at radius 2 is 2.00 bits per heavy atom. The van der Waals surface area contributed by atoms with Gasteiger partial charge in [0.05, 0.1) is 11.1 Å². The van der Waals surface area contributed by atoms with Gasteiger partial charge in [0.25, 0.3) is 11.6 Å². The number of carbonyl (C=O) groups is 1. The van der Waals surface area contributed by atoms with Crippen LogP contribution < -0.4 is 20.0 Å². The van der Waals surface area contributed by atoms with Crippen molar-refractivity contribution in [3.63, 3.8) is 0 Å². The third kappa shape index (κ3) is 3.09. The number of nitro groups is 1. The fraction of sp³-hybridized carbons (Fsp3) is 0.0667. The largest absolute Gasteiger partial charge is 0.872 e. The molecule has 2 aromatic carbocycles. The van der Waals surface area contributed by atoms with Gasteiger partial charge < -0.3 is 14.6 Å². The molecule has 1 N–H and O–H groups in total. The molecule has 0 saturated carbocycles. The van der Waals surface area contributed by atoms with Gasteiger partial charge in [-0.05, 0) is 23.8 Å². The van der Waals surface area contributed by atoms with E-state index in [2.05, 4.69) is 10.5 Å². The number of hydrogen-bond donors (Lipinski definition) is 1. The van der Waals surface area contributed by atoms with Crippen LogP contribution in [0, 0.1) is 10.1 Å². The quantitative estimate of drug-likeness (QED) is 0.510. The van der Waals surface area contributed by atoms with Crippen molar-refractivity contribution < 1.29 is 24.3 Å². The minimum absolute atomic E-state index is 0.00446. The zero-order chi connectivity index (χ0) is 17.1. The third-order valence-corrected chi connectivity index (χ3v) is 3.21. The average molecular weight is 328 g/mol. The van der Waals surface area contributed by atoms with Gasteiger partial charge in [-0.1, -0.05) is 11.8 Å². The molecule has 0 aliphatic carbocycles. The second-order valence-corrected chi connectivity index (χ2v) is 4.75. The van der Waals surface area contributed by atoms with E-state index in [4.69, 9.17) is 9.47 Å². The number of ether oxygens (including phenoxy) is 2. The van der Waals surface area contributed by atoms with Crippen LogP contribution in [0.2, 0.25) is 0 Å². The van der Waals surface area contributed by atoms with Crippen molar-refractivity contribution in [3.8, 4) is 17.2 Å². The molecule has 9 nitrogen and oxygen atoms in total. The van der Waals surface area contributed by atoms with Crippen molar-refractivity contribution in [2.24, 2.45) is 5.10 Å². The first-order valence-electron chi connectivity index (χ1n) is 6.73. The van der Waals surface area contributed by atoms with E-state index in [1.165, 1.54) is 12.1 Å². The van der Waals surface area contributed by atoms with E-state index in [1.807, 2.05) is 0 Å². The number of nitro benzene ring substituents is 1. The number of nitrogens with zero attached hydrogens (tertiary/aromatic N) is 2. The number of benzene rings is 2. The number of hydrogen-bond acceptors (Lipinski definition) is 7. The fourth-order valence-electron chi connectivity index (χ4n) is 2.01. The lowest BCUT2D eigenvalue weighted by molar-refractivity contribution is -0.385. The topological polar surface area (TPSA) is 126 Å². The first-order chi connectivity index (χ1) is 11.5. The Balaban J connectivity index is 1.71. The van der Waals surface area contributed by atoms with Crippen LogP contribution in [0.1, 0.15) is 15.9 Å². The Bertz CT molecular complexity index is 849. The maximum atomic E-state index is 12.0. The zero-order valence-corrected chi connectivity index (χ0v) is 12.1. The van der Waals surface area contributed by atoms with Gasteiger partial charge in [-0.25, -0.2) is 5.43 Å². The highest BCUT2D eigenvalue weighted by molar-refractivity contribution is 5.95. The molecule has 2 aromatic rings. The Morgan fingerprint density at radius 3 is 2.79 bits per heavy atom. The van der Waals surface area contributed by atoms with Crippen LogP contribution in [0.5, 0.6) is 17.2 Å². The molecule has 122 valence electrons. The van der Waals surface area contributed by atoms with Crippen molar-refractivity contribution in [2.75, 3.05) is 6.79 Å². The van der Waals surface area contributed by atoms with E-state index >= 15 is 0 Å². The molecule has 1 amide bonds. The monoisotopic (exact) mass is 328 g/mol. The first kappa shape index (κ1) is 15.3. The van der Waals surface area contributed by atoms with Crippen LogP contribution in [0.3, 0.4) is 0 Å². The van der Waals surface area contributed by atoms with Gasteiger partial charge in [-0.2, -0.15) is 5.10 Å². The molecule has 0 fully saturated rings. The Labute approximate surface area is 135 Å². The van der Waals surface area contributed by atoms with Crippen LogP contribution in [0.15, 0.2) is 41.5 Å². The molecule has 1 heterocycles. The predicted octanol–water partition coefficient (Wildman–Crippen LogP) is 1.16. The van der Waals surface area contributed by atoms with Gasteiger partial charge in [-0.15, -0.1) is 0 Å². The molecule has 9 heteroatoms. The first-order valence-corrected chi connectivity index (χ1v) is 6.73. The maximum Gasteiger partial charge on any atom is 0.271 e. The highest BCUT2D eigenvalue weighted by Crippen LogP contribution is 2.32. The zero-order valence-electron chi connectivity index (χ0n) is 12.1. The summed E-state index contributed by atoms with van der Waals surface area (Å²) in [5, 5.41) is 26.0. The van der Waals surface area contributed by atoms with Gasteiger partial charge >= 0.3 is 0 Å². The van der Waals surface area contributed by atoms with Crippen LogP contribution in [0.4, 0.5) is 5.69 Å². The summed E-state index contributed by atoms with van der Waals surface area (Å²) in [6.45, 7) is 0.0949. The van der Waals surface area contributed by atoms with Gasteiger partial charge in [0, 0.05) is 17.7 Å². The highest BCUT2D eigenvalue weighted by Gasteiger charge is 2.15. The summed E-state index contributed by atoms with van der Waals surface area (Å²) < 4.78 is 10.3. The van der Waals surface area contributed by atoms with E-state index < -0.39 is 16.6 Å². The molecular formula is C15H10N3O6-. The van der Waals surface area contributed by atoms with E-state index in [9.17, 15) is 20.0 Å². The molecule has 3 rings (SSSR count). The van der Waals surface area contributed by atoms with E-state index in [0.717, 1.165) is 24.4 Å². The van der Waals surface area contributed by atoms with Crippen LogP contribution in [-0.2, 0) is 0 Å². The number of hydrazone groups is 1. The number of nitrogens with one attached hydrogen (secondary N) is 1. The second kappa shape index (κ2) is 6.24. The summed E-state index contributed by atoms with van der Waals surface area (Å²) in [4.78, 5) is 22.1. The molecule has 0 saturated heterocycles. The van der Waals surface area contributed by atoms with Crippen molar-refractivity contribution in [3.05, 3.63) is 57.6 Å². The molecule has 0 radical (unpaired) electrons. The Kier molecular flexibility index (Phi) is 3.98. The summed E-state index contributed by atoms with van der Waals surface area (Å²) in [6, 6.07) is 7.88. The third-order valence-electron chi connectivity index (χ3n) is 3.21.